The highest BCUT2D eigenvalue weighted by Crippen LogP contribution is 2.29. The third-order valence-electron chi connectivity index (χ3n) is 5.42. The van der Waals surface area contributed by atoms with Crippen molar-refractivity contribution in [3.8, 4) is 5.75 Å². The van der Waals surface area contributed by atoms with Crippen molar-refractivity contribution in [3.05, 3.63) is 90.0 Å². The second-order valence-corrected chi connectivity index (χ2v) is 7.68. The molecule has 0 aromatic heterocycles. The lowest BCUT2D eigenvalue weighted by Crippen LogP contribution is -2.37. The lowest BCUT2D eigenvalue weighted by molar-refractivity contribution is -0.124. The maximum Gasteiger partial charge on any atom is 0.332 e. The van der Waals surface area contributed by atoms with Crippen LogP contribution >= 0.6 is 0 Å². The minimum absolute atomic E-state index is 0.0702. The van der Waals surface area contributed by atoms with E-state index in [4.69, 9.17) is 4.74 Å². The van der Waals surface area contributed by atoms with Crippen molar-refractivity contribution in [3.63, 3.8) is 0 Å². The molecule has 0 unspecified atom stereocenters. The standard InChI is InChI=1S/C25H21F2N3O4/c1-34-21-12-2-16(3-13-21)15-29-22(14-23(31)28-19-8-4-17(26)5-9-19)24(32)30(25(29)33)20-10-6-18(27)7-11-20/h2-13,22H,14-15H2,1H3,(H,28,31)/t22-/m1/s1. The molecular formula is C25H21F2N3O4. The second kappa shape index (κ2) is 9.70. The lowest BCUT2D eigenvalue weighted by Gasteiger charge is -2.22. The Labute approximate surface area is 194 Å². The maximum atomic E-state index is 13.4. The summed E-state index contributed by atoms with van der Waals surface area (Å²) >= 11 is 0. The molecule has 4 amide bonds. The van der Waals surface area contributed by atoms with Crippen LogP contribution in [0, 0.1) is 11.6 Å². The van der Waals surface area contributed by atoms with E-state index in [1.54, 1.807) is 24.3 Å². The number of hydrogen-bond acceptors (Lipinski definition) is 4. The molecular weight excluding hydrogens is 444 g/mol. The summed E-state index contributed by atoms with van der Waals surface area (Å²) in [5.41, 5.74) is 1.30. The van der Waals surface area contributed by atoms with Gasteiger partial charge in [0.15, 0.2) is 0 Å². The predicted molar refractivity (Wildman–Crippen MR) is 121 cm³/mol. The Hall–Kier alpha value is -4.27. The first kappa shape index (κ1) is 22.9. The number of carbonyl (C=O) groups is 3. The maximum absolute atomic E-state index is 13.4. The number of hydrogen-bond donors (Lipinski definition) is 1. The SMILES string of the molecule is COc1ccc(CN2C(=O)N(c3ccc(F)cc3)C(=O)[C@H]2CC(=O)Nc2ccc(F)cc2)cc1. The zero-order valence-electron chi connectivity index (χ0n) is 18.2. The third kappa shape index (κ3) is 4.88. The number of nitrogens with zero attached hydrogens (tertiary/aromatic N) is 2. The number of urea groups is 1. The zero-order chi connectivity index (χ0) is 24.2. The molecule has 1 aliphatic rings. The van der Waals surface area contributed by atoms with Gasteiger partial charge < -0.3 is 15.0 Å². The number of anilines is 2. The van der Waals surface area contributed by atoms with Crippen LogP contribution < -0.4 is 15.0 Å². The first-order valence-corrected chi connectivity index (χ1v) is 10.4. The highest BCUT2D eigenvalue weighted by atomic mass is 19.1. The van der Waals surface area contributed by atoms with Gasteiger partial charge in [0.2, 0.25) is 5.91 Å². The molecule has 1 fully saturated rings. The number of nitrogens with one attached hydrogen (secondary N) is 1. The van der Waals surface area contributed by atoms with Crippen LogP contribution in [-0.2, 0) is 16.1 Å². The summed E-state index contributed by atoms with van der Waals surface area (Å²) in [7, 11) is 1.54. The van der Waals surface area contributed by atoms with E-state index in [1.807, 2.05) is 0 Å². The minimum atomic E-state index is -1.08. The van der Waals surface area contributed by atoms with Crippen LogP contribution in [-0.4, -0.2) is 35.9 Å². The van der Waals surface area contributed by atoms with Crippen LogP contribution in [0.25, 0.3) is 0 Å². The van der Waals surface area contributed by atoms with E-state index in [-0.39, 0.29) is 18.7 Å². The topological polar surface area (TPSA) is 79.0 Å². The number of amides is 4. The summed E-state index contributed by atoms with van der Waals surface area (Å²) in [5, 5.41) is 2.61. The van der Waals surface area contributed by atoms with Gasteiger partial charge in [-0.1, -0.05) is 12.1 Å². The summed E-state index contributed by atoms with van der Waals surface area (Å²) in [5.74, 6) is -1.43. The molecule has 1 aliphatic heterocycles. The highest BCUT2D eigenvalue weighted by Gasteiger charge is 2.46. The number of methoxy groups -OCH3 is 1. The molecule has 0 bridgehead atoms. The molecule has 3 aromatic carbocycles. The van der Waals surface area contributed by atoms with Gasteiger partial charge >= 0.3 is 6.03 Å². The van der Waals surface area contributed by atoms with Gasteiger partial charge in [-0.3, -0.25) is 9.59 Å². The van der Waals surface area contributed by atoms with Crippen molar-refractivity contribution in [1.82, 2.24) is 4.90 Å². The quantitative estimate of drug-likeness (QED) is 0.527. The van der Waals surface area contributed by atoms with Gasteiger partial charge in [-0.25, -0.2) is 18.5 Å². The molecule has 0 aliphatic carbocycles. The van der Waals surface area contributed by atoms with Gasteiger partial charge in [0.25, 0.3) is 5.91 Å². The van der Waals surface area contributed by atoms with Crippen LogP contribution in [0.2, 0.25) is 0 Å². The van der Waals surface area contributed by atoms with Crippen molar-refractivity contribution in [2.24, 2.45) is 0 Å². The second-order valence-electron chi connectivity index (χ2n) is 7.68. The van der Waals surface area contributed by atoms with E-state index in [2.05, 4.69) is 5.32 Å². The van der Waals surface area contributed by atoms with Gasteiger partial charge in [-0.15, -0.1) is 0 Å². The van der Waals surface area contributed by atoms with Crippen LogP contribution in [0.15, 0.2) is 72.8 Å². The molecule has 3 aromatic rings. The monoisotopic (exact) mass is 465 g/mol. The minimum Gasteiger partial charge on any atom is -0.497 e. The van der Waals surface area contributed by atoms with Crippen molar-refractivity contribution in [2.75, 3.05) is 17.3 Å². The Morgan fingerprint density at radius 2 is 1.50 bits per heavy atom. The number of ether oxygens (including phenoxy) is 1. The Balaban J connectivity index is 1.59. The molecule has 0 radical (unpaired) electrons. The predicted octanol–water partition coefficient (Wildman–Crippen LogP) is 4.34. The van der Waals surface area contributed by atoms with E-state index in [9.17, 15) is 23.2 Å². The van der Waals surface area contributed by atoms with Crippen molar-refractivity contribution >= 4 is 29.2 Å². The molecule has 4 rings (SSSR count). The first-order chi connectivity index (χ1) is 16.4. The van der Waals surface area contributed by atoms with E-state index >= 15 is 0 Å². The summed E-state index contributed by atoms with van der Waals surface area (Å²) in [4.78, 5) is 41.5. The number of halogens is 2. The van der Waals surface area contributed by atoms with Crippen LogP contribution in [0.4, 0.5) is 25.0 Å². The molecule has 0 spiro atoms. The van der Waals surface area contributed by atoms with Crippen molar-refractivity contribution in [1.29, 1.82) is 0 Å². The van der Waals surface area contributed by atoms with E-state index in [0.717, 1.165) is 22.6 Å². The average Bonchev–Trinajstić information content (AvgIpc) is 3.05. The fraction of sp³-hybridized carbons (Fsp3) is 0.160. The van der Waals surface area contributed by atoms with Crippen LogP contribution in [0.5, 0.6) is 5.75 Å². The fourth-order valence-corrected chi connectivity index (χ4v) is 3.69. The Morgan fingerprint density at radius 1 is 0.912 bits per heavy atom. The van der Waals surface area contributed by atoms with E-state index in [1.165, 1.54) is 48.4 Å². The fourth-order valence-electron chi connectivity index (χ4n) is 3.69. The van der Waals surface area contributed by atoms with Crippen molar-refractivity contribution < 1.29 is 27.9 Å². The molecule has 1 saturated heterocycles. The molecule has 174 valence electrons. The molecule has 9 heteroatoms. The van der Waals surface area contributed by atoms with Crippen LogP contribution in [0.3, 0.4) is 0 Å². The Morgan fingerprint density at radius 3 is 2.09 bits per heavy atom. The molecule has 1 atom stereocenters. The van der Waals surface area contributed by atoms with Crippen molar-refractivity contribution in [2.45, 2.75) is 19.0 Å². The summed E-state index contributed by atoms with van der Waals surface area (Å²) in [6, 6.07) is 15.4. The summed E-state index contributed by atoms with van der Waals surface area (Å²) in [6.07, 6.45) is -0.310. The first-order valence-electron chi connectivity index (χ1n) is 10.4. The zero-order valence-corrected chi connectivity index (χ0v) is 18.2. The van der Waals surface area contributed by atoms with E-state index < -0.39 is 35.5 Å². The number of imide groups is 1. The van der Waals surface area contributed by atoms with Gasteiger partial charge in [0.1, 0.15) is 23.4 Å². The summed E-state index contributed by atoms with van der Waals surface area (Å²) < 4.78 is 31.7. The summed E-state index contributed by atoms with van der Waals surface area (Å²) in [6.45, 7) is 0.0702. The van der Waals surface area contributed by atoms with Crippen LogP contribution in [0.1, 0.15) is 12.0 Å². The molecule has 1 heterocycles. The van der Waals surface area contributed by atoms with Gasteiger partial charge in [0, 0.05) is 12.2 Å². The van der Waals surface area contributed by atoms with Gasteiger partial charge in [-0.05, 0) is 66.2 Å². The lowest BCUT2D eigenvalue weighted by atomic mass is 10.1. The highest BCUT2D eigenvalue weighted by molar-refractivity contribution is 6.22. The number of carbonyl (C=O) groups excluding carboxylic acids is 3. The number of rotatable bonds is 7. The average molecular weight is 465 g/mol. The van der Waals surface area contributed by atoms with Gasteiger partial charge in [-0.2, -0.15) is 0 Å². The normalized spacial score (nSPS) is 15.6. The smallest absolute Gasteiger partial charge is 0.332 e. The number of benzene rings is 3. The third-order valence-corrected chi connectivity index (χ3v) is 5.42. The molecule has 34 heavy (non-hydrogen) atoms. The molecule has 1 N–H and O–H groups in total. The van der Waals surface area contributed by atoms with E-state index in [0.29, 0.717) is 11.4 Å². The molecule has 0 saturated carbocycles. The Kier molecular flexibility index (Phi) is 6.53. The Bertz CT molecular complexity index is 1200. The molecule has 7 nitrogen and oxygen atoms in total. The van der Waals surface area contributed by atoms with Gasteiger partial charge in [0.05, 0.1) is 19.2 Å². The largest absolute Gasteiger partial charge is 0.497 e.